The van der Waals surface area contributed by atoms with Gasteiger partial charge >= 0.3 is 5.97 Å². The first-order valence-corrected chi connectivity index (χ1v) is 19.0. The summed E-state index contributed by atoms with van der Waals surface area (Å²) in [6, 6.07) is 9.93. The van der Waals surface area contributed by atoms with E-state index >= 15 is 0 Å². The van der Waals surface area contributed by atoms with Gasteiger partial charge in [0.1, 0.15) is 11.9 Å². The molecule has 3 rings (SSSR count). The number of ether oxygens (including phenoxy) is 3. The maximum Gasteiger partial charge on any atom is 0.331 e. The van der Waals surface area contributed by atoms with Gasteiger partial charge < -0.3 is 28.8 Å². The maximum absolute atomic E-state index is 11.9. The third kappa shape index (κ3) is 10.8. The molecule has 4 unspecified atom stereocenters. The molecular formula is C34H56O7Si. The maximum atomic E-state index is 11.9. The zero-order valence-corrected chi connectivity index (χ0v) is 27.8. The summed E-state index contributed by atoms with van der Waals surface area (Å²) in [6.45, 7) is 13.4. The number of aliphatic carboxylic acids is 1. The highest BCUT2D eigenvalue weighted by atomic mass is 28.4. The van der Waals surface area contributed by atoms with Crippen LogP contribution in [0.5, 0.6) is 5.75 Å². The van der Waals surface area contributed by atoms with Crippen molar-refractivity contribution in [2.24, 2.45) is 11.8 Å². The van der Waals surface area contributed by atoms with Gasteiger partial charge in [-0.15, -0.1) is 0 Å². The number of carbonyl (C=O) groups is 1. The molecule has 0 amide bonds. The molecule has 0 bridgehead atoms. The molecule has 1 aromatic rings. The van der Waals surface area contributed by atoms with E-state index in [4.69, 9.17) is 18.6 Å². The van der Waals surface area contributed by atoms with Crippen LogP contribution in [0.4, 0.5) is 0 Å². The van der Waals surface area contributed by atoms with Gasteiger partial charge in [0.15, 0.2) is 14.6 Å². The summed E-state index contributed by atoms with van der Waals surface area (Å²) < 4.78 is 24.6. The second-order valence-electron chi connectivity index (χ2n) is 13.8. The van der Waals surface area contributed by atoms with E-state index in [1.807, 2.05) is 30.3 Å². The van der Waals surface area contributed by atoms with Crippen LogP contribution in [-0.2, 0) is 18.7 Å². The SMILES string of the molecule is CC(CCC[C@H]1C(OC2CCCCO2)C[C@H](O)[C@@H]1CC=CCCC(O[Si](C)(C)C(C)(C)C)C(=O)O)Oc1ccccc1. The van der Waals surface area contributed by atoms with Crippen LogP contribution < -0.4 is 4.74 Å². The molecule has 2 fully saturated rings. The molecule has 1 heterocycles. The van der Waals surface area contributed by atoms with Crippen molar-refractivity contribution >= 4 is 14.3 Å². The van der Waals surface area contributed by atoms with Gasteiger partial charge in [-0.1, -0.05) is 51.1 Å². The summed E-state index contributed by atoms with van der Waals surface area (Å²) in [5.41, 5.74) is 0. The average Bonchev–Trinajstić information content (AvgIpc) is 3.21. The summed E-state index contributed by atoms with van der Waals surface area (Å²) in [4.78, 5) is 11.9. The molecule has 2 aliphatic rings. The lowest BCUT2D eigenvalue weighted by molar-refractivity contribution is -0.196. The molecule has 1 aromatic carbocycles. The predicted octanol–water partition coefficient (Wildman–Crippen LogP) is 7.73. The van der Waals surface area contributed by atoms with E-state index in [9.17, 15) is 15.0 Å². The summed E-state index contributed by atoms with van der Waals surface area (Å²) in [5, 5.41) is 20.8. The van der Waals surface area contributed by atoms with Gasteiger partial charge in [-0.2, -0.15) is 0 Å². The second kappa shape index (κ2) is 16.4. The topological polar surface area (TPSA) is 94.5 Å². The molecule has 42 heavy (non-hydrogen) atoms. The smallest absolute Gasteiger partial charge is 0.331 e. The first-order valence-electron chi connectivity index (χ1n) is 16.1. The number of hydrogen-bond donors (Lipinski definition) is 2. The highest BCUT2D eigenvalue weighted by Crippen LogP contribution is 2.42. The lowest BCUT2D eigenvalue weighted by atomic mass is 9.86. The first-order chi connectivity index (χ1) is 19.9. The predicted molar refractivity (Wildman–Crippen MR) is 169 cm³/mol. The summed E-state index contributed by atoms with van der Waals surface area (Å²) in [7, 11) is -2.18. The molecule has 0 aromatic heterocycles. The molecule has 0 spiro atoms. The zero-order chi connectivity index (χ0) is 30.8. The van der Waals surface area contributed by atoms with E-state index in [0.717, 1.165) is 57.3 Å². The van der Waals surface area contributed by atoms with Gasteiger partial charge in [0.05, 0.1) is 18.3 Å². The fourth-order valence-electron chi connectivity index (χ4n) is 5.87. The number of carboxylic acid groups (broad SMARTS) is 1. The van der Waals surface area contributed by atoms with Gasteiger partial charge in [-0.25, -0.2) is 4.79 Å². The Morgan fingerprint density at radius 1 is 1.12 bits per heavy atom. The number of para-hydroxylation sites is 1. The minimum absolute atomic E-state index is 0.0266. The Morgan fingerprint density at radius 2 is 1.86 bits per heavy atom. The van der Waals surface area contributed by atoms with Crippen LogP contribution in [0.15, 0.2) is 42.5 Å². The molecule has 0 radical (unpaired) electrons. The molecule has 1 aliphatic heterocycles. The largest absolute Gasteiger partial charge is 0.491 e. The van der Waals surface area contributed by atoms with E-state index < -0.39 is 26.5 Å². The molecule has 8 heteroatoms. The standard InChI is InChI=1S/C34H56O7Si/c1-25(39-26-17-9-7-10-18-26)16-15-20-28-27(29(35)24-31(28)40-32-22-13-14-23-38-32)19-11-8-12-21-30(33(36)37)41-42(5,6)34(2,3)4/h7-11,17-18,25,27-32,35H,12-16,19-24H2,1-6H3,(H,36,37)/t25?,27-,28-,29+,30?,31?,32?/m1/s1. The Balaban J connectivity index is 1.56. The fourth-order valence-corrected chi connectivity index (χ4v) is 7.15. The van der Waals surface area contributed by atoms with Crippen molar-refractivity contribution in [1.82, 2.24) is 0 Å². The minimum atomic E-state index is -2.18. The lowest BCUT2D eigenvalue weighted by Crippen LogP contribution is -2.46. The van der Waals surface area contributed by atoms with E-state index in [-0.39, 0.29) is 35.4 Å². The number of benzene rings is 1. The van der Waals surface area contributed by atoms with Gasteiger partial charge in [0.25, 0.3) is 0 Å². The molecular weight excluding hydrogens is 548 g/mol. The summed E-state index contributed by atoms with van der Waals surface area (Å²) in [5.74, 6) is 0.321. The van der Waals surface area contributed by atoms with Crippen LogP contribution in [0.3, 0.4) is 0 Å². The van der Waals surface area contributed by atoms with Crippen molar-refractivity contribution in [2.45, 2.75) is 141 Å². The van der Waals surface area contributed by atoms with E-state index in [1.54, 1.807) is 0 Å². The minimum Gasteiger partial charge on any atom is -0.491 e. The molecule has 238 valence electrons. The Labute approximate surface area is 255 Å². The van der Waals surface area contributed by atoms with E-state index in [0.29, 0.717) is 19.3 Å². The van der Waals surface area contributed by atoms with Crippen molar-refractivity contribution in [1.29, 1.82) is 0 Å². The number of hydrogen-bond acceptors (Lipinski definition) is 6. The third-order valence-corrected chi connectivity index (χ3v) is 13.9. The number of aliphatic hydroxyl groups excluding tert-OH is 1. The Morgan fingerprint density at radius 3 is 2.50 bits per heavy atom. The van der Waals surface area contributed by atoms with Gasteiger partial charge in [0.2, 0.25) is 0 Å². The molecule has 1 saturated heterocycles. The number of aliphatic hydroxyl groups is 1. The number of rotatable bonds is 16. The quantitative estimate of drug-likeness (QED) is 0.147. The van der Waals surface area contributed by atoms with Gasteiger partial charge in [-0.05, 0) is 107 Å². The Kier molecular flexibility index (Phi) is 13.6. The molecule has 2 N–H and O–H groups in total. The zero-order valence-electron chi connectivity index (χ0n) is 26.8. The fraction of sp³-hybridized carbons (Fsp3) is 0.735. The van der Waals surface area contributed by atoms with Crippen LogP contribution in [0.1, 0.15) is 91.9 Å². The van der Waals surface area contributed by atoms with Crippen molar-refractivity contribution in [3.05, 3.63) is 42.5 Å². The highest BCUT2D eigenvalue weighted by molar-refractivity contribution is 6.74. The molecule has 1 saturated carbocycles. The Hall–Kier alpha value is -1.71. The monoisotopic (exact) mass is 604 g/mol. The van der Waals surface area contributed by atoms with Gasteiger partial charge in [0, 0.05) is 13.0 Å². The van der Waals surface area contributed by atoms with Crippen molar-refractivity contribution < 1.29 is 33.6 Å². The summed E-state index contributed by atoms with van der Waals surface area (Å²) >= 11 is 0. The highest BCUT2D eigenvalue weighted by Gasteiger charge is 2.43. The van der Waals surface area contributed by atoms with Crippen LogP contribution in [-0.4, -0.2) is 61.8 Å². The lowest BCUT2D eigenvalue weighted by Gasteiger charge is -2.38. The molecule has 1 aliphatic carbocycles. The first kappa shape index (κ1) is 34.8. The Bertz CT molecular complexity index is 954. The average molecular weight is 605 g/mol. The third-order valence-electron chi connectivity index (χ3n) is 9.38. The van der Waals surface area contributed by atoms with Crippen molar-refractivity contribution in [2.75, 3.05) is 6.61 Å². The molecule has 7 atom stereocenters. The number of carboxylic acids is 1. The number of allylic oxidation sites excluding steroid dienone is 2. The van der Waals surface area contributed by atoms with Crippen LogP contribution in [0.25, 0.3) is 0 Å². The van der Waals surface area contributed by atoms with Crippen LogP contribution in [0, 0.1) is 11.8 Å². The van der Waals surface area contributed by atoms with E-state index in [1.165, 1.54) is 0 Å². The van der Waals surface area contributed by atoms with Crippen molar-refractivity contribution in [3.63, 3.8) is 0 Å². The summed E-state index contributed by atoms with van der Waals surface area (Å²) in [6.07, 6.45) is 11.3. The van der Waals surface area contributed by atoms with E-state index in [2.05, 4.69) is 52.9 Å². The molecule has 7 nitrogen and oxygen atoms in total. The van der Waals surface area contributed by atoms with Crippen molar-refractivity contribution in [3.8, 4) is 5.75 Å². The van der Waals surface area contributed by atoms with Crippen LogP contribution in [0.2, 0.25) is 18.1 Å². The van der Waals surface area contributed by atoms with Crippen LogP contribution >= 0.6 is 0 Å². The van der Waals surface area contributed by atoms with Gasteiger partial charge in [-0.3, -0.25) is 0 Å². The normalized spacial score (nSPS) is 26.8. The second-order valence-corrected chi connectivity index (χ2v) is 18.5.